The number of hydrogen-bond acceptors (Lipinski definition) is 0. The third-order valence-corrected chi connectivity index (χ3v) is 0.607. The fraction of sp³-hybridized carbons (Fsp3) is 0. The molecule has 0 heterocycles. The second-order valence-electron chi connectivity index (χ2n) is 1.08. The van der Waals surface area contributed by atoms with Gasteiger partial charge >= 0.3 is 59.1 Å². The molecule has 0 aliphatic rings. The zero-order valence-corrected chi connectivity index (χ0v) is 3.39. The van der Waals surface area contributed by atoms with E-state index in [2.05, 4.69) is 6.07 Å². The Bertz CT molecular complexity index is 78.5. The fourth-order valence-corrected chi connectivity index (χ4v) is 0.342. The molecule has 1 rings (SSSR count). The van der Waals surface area contributed by atoms with Crippen LogP contribution in [0, 0.1) is 6.07 Å². The Labute approximate surface area is 94.3 Å². The molecule has 0 fully saturated rings. The molecule has 0 atom stereocenters. The van der Waals surface area contributed by atoms with Gasteiger partial charge in [-0.15, -0.1) is 0 Å². The van der Waals surface area contributed by atoms with Gasteiger partial charge in [-0.3, -0.25) is 0 Å². The van der Waals surface area contributed by atoms with Gasteiger partial charge in [-0.05, 0) is 6.07 Å². The number of benzene rings is 1. The number of rotatable bonds is 0. The smallest absolute Gasteiger partial charge is 0.0184 e. The Kier molecular flexibility index (Phi) is 12.3. The van der Waals surface area contributed by atoms with Crippen LogP contribution in [0.4, 0.5) is 0 Å². The summed E-state index contributed by atoms with van der Waals surface area (Å²) in [5, 5.41) is 0. The van der Waals surface area contributed by atoms with Crippen molar-refractivity contribution in [1.82, 2.24) is 0 Å². The molecular formula is C6H7Na2. The van der Waals surface area contributed by atoms with Gasteiger partial charge in [-0.25, -0.2) is 0 Å². The van der Waals surface area contributed by atoms with Crippen LogP contribution in [-0.4, -0.2) is 59.1 Å². The molecule has 0 saturated heterocycles. The van der Waals surface area contributed by atoms with Crippen LogP contribution in [0.5, 0.6) is 0 Å². The normalized spacial score (nSPS) is 6.00. The maximum Gasteiger partial charge on any atom is -0.0184 e. The largest absolute Gasteiger partial charge is 0.0622 e. The summed E-state index contributed by atoms with van der Waals surface area (Å²) in [5.74, 6) is 0. The van der Waals surface area contributed by atoms with Gasteiger partial charge in [0, 0.05) is 0 Å². The van der Waals surface area contributed by atoms with Gasteiger partial charge in [0.25, 0.3) is 0 Å². The van der Waals surface area contributed by atoms with E-state index >= 15 is 0 Å². The standard InChI is InChI=1S/C6H5.2Na.2H/c1-2-4-6-5-3-1;;;;/h1-5H;;;;. The molecule has 2 heteroatoms. The predicted octanol–water partition coefficient (Wildman–Crippen LogP) is 0.190. The predicted molar refractivity (Wildman–Crippen MR) is 39.6 cm³/mol. The molecule has 0 amide bonds. The van der Waals surface area contributed by atoms with Gasteiger partial charge in [0.2, 0.25) is 0 Å². The average molecular weight is 125 g/mol. The van der Waals surface area contributed by atoms with Crippen molar-refractivity contribution in [3.8, 4) is 0 Å². The van der Waals surface area contributed by atoms with E-state index in [0.29, 0.717) is 0 Å². The van der Waals surface area contributed by atoms with E-state index in [1.165, 1.54) is 0 Å². The molecular weight excluding hydrogens is 118 g/mol. The van der Waals surface area contributed by atoms with Crippen molar-refractivity contribution in [1.29, 1.82) is 0 Å². The van der Waals surface area contributed by atoms with Crippen LogP contribution in [0.3, 0.4) is 0 Å². The van der Waals surface area contributed by atoms with Crippen LogP contribution in [0.2, 0.25) is 0 Å². The summed E-state index contributed by atoms with van der Waals surface area (Å²) in [6.45, 7) is 0. The van der Waals surface area contributed by atoms with Crippen LogP contribution in [-0.2, 0) is 0 Å². The first-order chi connectivity index (χ1) is 3.00. The second kappa shape index (κ2) is 8.22. The second-order valence-corrected chi connectivity index (χ2v) is 1.08. The molecule has 0 saturated carbocycles. The van der Waals surface area contributed by atoms with Gasteiger partial charge in [0.15, 0.2) is 0 Å². The molecule has 0 nitrogen and oxygen atoms in total. The third-order valence-electron chi connectivity index (χ3n) is 0.607. The molecule has 8 heavy (non-hydrogen) atoms. The summed E-state index contributed by atoms with van der Waals surface area (Å²) in [6, 6.07) is 12.5. The molecule has 0 bridgehead atoms. The molecule has 0 unspecified atom stereocenters. The van der Waals surface area contributed by atoms with E-state index < -0.39 is 0 Å². The van der Waals surface area contributed by atoms with Crippen molar-refractivity contribution in [2.24, 2.45) is 0 Å². The summed E-state index contributed by atoms with van der Waals surface area (Å²) in [7, 11) is 0. The topological polar surface area (TPSA) is 0 Å². The summed E-state index contributed by atoms with van der Waals surface area (Å²) in [6.07, 6.45) is 0. The minimum Gasteiger partial charge on any atom is -0.0622 e. The summed E-state index contributed by atoms with van der Waals surface area (Å²) < 4.78 is 0. The first-order valence-electron chi connectivity index (χ1n) is 1.91. The van der Waals surface area contributed by atoms with Crippen LogP contribution < -0.4 is 0 Å². The van der Waals surface area contributed by atoms with Gasteiger partial charge in [-0.2, -0.15) is 0 Å². The van der Waals surface area contributed by atoms with E-state index in [0.717, 1.165) is 0 Å². The summed E-state index contributed by atoms with van der Waals surface area (Å²) in [5.41, 5.74) is 0. The average Bonchev–Trinajstić information content (AvgIpc) is 1.72. The molecule has 0 aliphatic carbocycles. The molecule has 1 aromatic rings. The molecule has 0 N–H and O–H groups in total. The van der Waals surface area contributed by atoms with Crippen molar-refractivity contribution in [3.05, 3.63) is 36.4 Å². The zero-order valence-electron chi connectivity index (χ0n) is 3.39. The van der Waals surface area contributed by atoms with Crippen molar-refractivity contribution in [3.63, 3.8) is 0 Å². The van der Waals surface area contributed by atoms with Crippen LogP contribution >= 0.6 is 0 Å². The minimum absolute atomic E-state index is 0. The Morgan fingerprint density at radius 3 is 1.38 bits per heavy atom. The molecule has 0 aliphatic heterocycles. The van der Waals surface area contributed by atoms with Gasteiger partial charge in [0.05, 0.1) is 0 Å². The third kappa shape index (κ3) is 5.36. The van der Waals surface area contributed by atoms with E-state index in [9.17, 15) is 0 Å². The van der Waals surface area contributed by atoms with Gasteiger partial charge in [-0.1, -0.05) is 30.3 Å². The van der Waals surface area contributed by atoms with Crippen molar-refractivity contribution < 1.29 is 0 Å². The summed E-state index contributed by atoms with van der Waals surface area (Å²) >= 11 is 0. The monoisotopic (exact) mass is 125 g/mol. The Morgan fingerprint density at radius 2 is 1.25 bits per heavy atom. The van der Waals surface area contributed by atoms with Crippen molar-refractivity contribution >= 4 is 59.1 Å². The maximum absolute atomic E-state index is 2.89. The summed E-state index contributed by atoms with van der Waals surface area (Å²) in [4.78, 5) is 0. The van der Waals surface area contributed by atoms with Crippen molar-refractivity contribution in [2.75, 3.05) is 0 Å². The molecule has 1 aromatic carbocycles. The zero-order chi connectivity index (χ0) is 4.24. The van der Waals surface area contributed by atoms with Crippen LogP contribution in [0.25, 0.3) is 0 Å². The first kappa shape index (κ1) is 12.0. The number of hydrogen-bond donors (Lipinski definition) is 0. The molecule has 33 valence electrons. The Morgan fingerprint density at radius 1 is 0.750 bits per heavy atom. The van der Waals surface area contributed by atoms with Crippen molar-refractivity contribution in [2.45, 2.75) is 0 Å². The van der Waals surface area contributed by atoms with Gasteiger partial charge < -0.3 is 0 Å². The minimum atomic E-state index is 0. The quantitative estimate of drug-likeness (QED) is 0.434. The maximum atomic E-state index is 2.89. The van der Waals surface area contributed by atoms with E-state index in [4.69, 9.17) is 0 Å². The fourth-order valence-electron chi connectivity index (χ4n) is 0.342. The van der Waals surface area contributed by atoms with Gasteiger partial charge in [0.1, 0.15) is 0 Å². The Balaban J connectivity index is 0. The van der Waals surface area contributed by atoms with E-state index in [-0.39, 0.29) is 59.1 Å². The molecule has 0 aromatic heterocycles. The molecule has 1 radical (unpaired) electrons. The molecule has 0 spiro atoms. The SMILES string of the molecule is [NaH].[NaH].[c]1ccccc1. The first-order valence-corrected chi connectivity index (χ1v) is 1.91. The Hall–Kier alpha value is 1.22. The van der Waals surface area contributed by atoms with Crippen LogP contribution in [0.15, 0.2) is 30.3 Å². The van der Waals surface area contributed by atoms with Crippen LogP contribution in [0.1, 0.15) is 0 Å². The van der Waals surface area contributed by atoms with E-state index in [1.54, 1.807) is 0 Å². The van der Waals surface area contributed by atoms with E-state index in [1.807, 2.05) is 30.3 Å².